The highest BCUT2D eigenvalue weighted by Gasteiger charge is 2.42. The molecular formula is C28H36O3. The molecule has 3 nitrogen and oxygen atoms in total. The first-order valence-corrected chi connectivity index (χ1v) is 11.4. The highest BCUT2D eigenvalue weighted by molar-refractivity contribution is 5.90. The zero-order chi connectivity index (χ0) is 22.6. The van der Waals surface area contributed by atoms with Gasteiger partial charge in [-0.1, -0.05) is 50.3 Å². The summed E-state index contributed by atoms with van der Waals surface area (Å²) in [5.41, 5.74) is 0.508. The van der Waals surface area contributed by atoms with Crippen LogP contribution < -0.4 is 0 Å². The van der Waals surface area contributed by atoms with Crippen LogP contribution in [0.25, 0.3) is 0 Å². The number of carbonyl (C=O) groups is 2. The van der Waals surface area contributed by atoms with Crippen molar-refractivity contribution in [2.75, 3.05) is 0 Å². The number of benzene rings is 1. The summed E-state index contributed by atoms with van der Waals surface area (Å²) in [6.07, 6.45) is 10.2. The summed E-state index contributed by atoms with van der Waals surface area (Å²) in [5, 5.41) is 0. The Hall–Kier alpha value is -2.60. The summed E-state index contributed by atoms with van der Waals surface area (Å²) >= 11 is 0. The molecule has 0 aromatic heterocycles. The molecule has 0 spiro atoms. The third-order valence-electron chi connectivity index (χ3n) is 5.92. The van der Waals surface area contributed by atoms with Crippen LogP contribution in [0, 0.1) is 35.5 Å². The van der Waals surface area contributed by atoms with Crippen molar-refractivity contribution in [3.05, 3.63) is 60.7 Å². The molecule has 0 radical (unpaired) electrons. The van der Waals surface area contributed by atoms with E-state index in [0.29, 0.717) is 24.3 Å². The molecule has 0 bridgehead atoms. The van der Waals surface area contributed by atoms with Gasteiger partial charge in [-0.15, -0.1) is 18.4 Å². The first-order chi connectivity index (χ1) is 15.0. The van der Waals surface area contributed by atoms with E-state index in [1.807, 2.05) is 31.2 Å². The van der Waals surface area contributed by atoms with E-state index in [9.17, 15) is 9.59 Å². The molecule has 0 amide bonds. The second-order valence-corrected chi connectivity index (χ2v) is 8.70. The van der Waals surface area contributed by atoms with Crippen LogP contribution in [0.3, 0.4) is 0 Å². The van der Waals surface area contributed by atoms with Gasteiger partial charge < -0.3 is 4.74 Å². The van der Waals surface area contributed by atoms with Crippen LogP contribution in [-0.2, 0) is 9.53 Å². The minimum atomic E-state index is -0.497. The normalized spacial score (nSPS) is 20.7. The molecule has 4 atom stereocenters. The van der Waals surface area contributed by atoms with Gasteiger partial charge in [-0.3, -0.25) is 4.79 Å². The van der Waals surface area contributed by atoms with Crippen LogP contribution in [0.1, 0.15) is 69.7 Å². The van der Waals surface area contributed by atoms with Crippen LogP contribution in [-0.4, -0.2) is 17.9 Å². The molecule has 0 saturated heterocycles. The fraction of sp³-hybridized carbons (Fsp3) is 0.500. The topological polar surface area (TPSA) is 43.4 Å². The number of ketones is 1. The predicted octanol–water partition coefficient (Wildman–Crippen LogP) is 6.41. The van der Waals surface area contributed by atoms with E-state index in [4.69, 9.17) is 4.74 Å². The minimum Gasteiger partial charge on any atom is -0.458 e. The average molecular weight is 421 g/mol. The summed E-state index contributed by atoms with van der Waals surface area (Å²) in [4.78, 5) is 26.1. The van der Waals surface area contributed by atoms with Gasteiger partial charge in [-0.05, 0) is 56.6 Å². The van der Waals surface area contributed by atoms with Gasteiger partial charge in [0.05, 0.1) is 11.5 Å². The smallest absolute Gasteiger partial charge is 0.338 e. The Morgan fingerprint density at radius 3 is 2.68 bits per heavy atom. The van der Waals surface area contributed by atoms with E-state index >= 15 is 0 Å². The van der Waals surface area contributed by atoms with Crippen LogP contribution >= 0.6 is 0 Å². The highest BCUT2D eigenvalue weighted by atomic mass is 16.5. The molecule has 0 heterocycles. The van der Waals surface area contributed by atoms with E-state index < -0.39 is 6.10 Å². The van der Waals surface area contributed by atoms with E-state index in [2.05, 4.69) is 44.4 Å². The Labute approximate surface area is 188 Å². The standard InChI is InChI=1S/C28H36O3/c1-5-7-15-23(19-11-14-21(3)4)27(31-28(30)24-16-9-8-10-17-24)26-22(13-6-2)18-12-20-25(26)29/h6,8-11,14,16-17,21-23,26-27H,2,12-13,15,18-20H2,1,3-4H3/b14-11+/t22-,23?,26+,27-/m1/s1. The molecule has 1 aromatic carbocycles. The number of allylic oxidation sites excluding steroid dienone is 3. The Balaban J connectivity index is 2.41. The molecule has 166 valence electrons. The van der Waals surface area contributed by atoms with Crippen LogP contribution in [0.5, 0.6) is 0 Å². The van der Waals surface area contributed by atoms with Crippen molar-refractivity contribution < 1.29 is 14.3 Å². The van der Waals surface area contributed by atoms with Crippen LogP contribution in [0.2, 0.25) is 0 Å². The quantitative estimate of drug-likeness (QED) is 0.250. The maximum absolute atomic E-state index is 13.1. The van der Waals surface area contributed by atoms with Gasteiger partial charge in [0.2, 0.25) is 0 Å². The maximum Gasteiger partial charge on any atom is 0.338 e. The van der Waals surface area contributed by atoms with Gasteiger partial charge in [0.1, 0.15) is 11.9 Å². The third kappa shape index (κ3) is 7.55. The molecule has 1 saturated carbocycles. The summed E-state index contributed by atoms with van der Waals surface area (Å²) < 4.78 is 6.14. The lowest BCUT2D eigenvalue weighted by Crippen LogP contribution is -2.44. The van der Waals surface area contributed by atoms with Gasteiger partial charge in [-0.25, -0.2) is 4.79 Å². The average Bonchev–Trinajstić information content (AvgIpc) is 2.76. The number of carbonyl (C=O) groups excluding carboxylic acids is 2. The third-order valence-corrected chi connectivity index (χ3v) is 5.92. The van der Waals surface area contributed by atoms with Gasteiger partial charge in [-0.2, -0.15) is 0 Å². The number of Topliss-reactive ketones (excluding diaryl/α,β-unsaturated/α-hetero) is 1. The lowest BCUT2D eigenvalue weighted by atomic mass is 9.70. The van der Waals surface area contributed by atoms with Crippen molar-refractivity contribution in [2.45, 2.75) is 65.4 Å². The Kier molecular flexibility index (Phi) is 10.3. The Morgan fingerprint density at radius 1 is 1.29 bits per heavy atom. The summed E-state index contributed by atoms with van der Waals surface area (Å²) in [6.45, 7) is 9.98. The largest absolute Gasteiger partial charge is 0.458 e. The number of rotatable bonds is 10. The predicted molar refractivity (Wildman–Crippen MR) is 126 cm³/mol. The second-order valence-electron chi connectivity index (χ2n) is 8.70. The van der Waals surface area contributed by atoms with Crippen molar-refractivity contribution in [3.8, 4) is 11.8 Å². The zero-order valence-corrected chi connectivity index (χ0v) is 19.2. The molecule has 31 heavy (non-hydrogen) atoms. The lowest BCUT2D eigenvalue weighted by molar-refractivity contribution is -0.133. The molecule has 1 aliphatic rings. The number of esters is 1. The van der Waals surface area contributed by atoms with E-state index in [0.717, 1.165) is 25.7 Å². The first-order valence-electron chi connectivity index (χ1n) is 11.4. The zero-order valence-electron chi connectivity index (χ0n) is 19.2. The molecular weight excluding hydrogens is 384 g/mol. The second kappa shape index (κ2) is 13.0. The lowest BCUT2D eigenvalue weighted by Gasteiger charge is -2.38. The van der Waals surface area contributed by atoms with Gasteiger partial charge in [0.25, 0.3) is 0 Å². The van der Waals surface area contributed by atoms with Crippen LogP contribution in [0.15, 0.2) is 55.1 Å². The fourth-order valence-electron chi connectivity index (χ4n) is 4.40. The molecule has 0 N–H and O–H groups in total. The minimum absolute atomic E-state index is 0.0329. The van der Waals surface area contributed by atoms with Crippen molar-refractivity contribution in [3.63, 3.8) is 0 Å². The molecule has 3 heteroatoms. The SMILES string of the molecule is C=CC[C@@H]1CCCC(=O)[C@H]1[C@H](OC(=O)c1ccccc1)C(CC#CC)C/C=C/C(C)C. The first kappa shape index (κ1) is 24.7. The summed E-state index contributed by atoms with van der Waals surface area (Å²) in [5.74, 6) is 6.22. The van der Waals surface area contributed by atoms with Crippen molar-refractivity contribution in [1.29, 1.82) is 0 Å². The fourth-order valence-corrected chi connectivity index (χ4v) is 4.40. The van der Waals surface area contributed by atoms with Crippen molar-refractivity contribution >= 4 is 11.8 Å². The molecule has 1 fully saturated rings. The van der Waals surface area contributed by atoms with E-state index in [1.54, 1.807) is 12.1 Å². The van der Waals surface area contributed by atoms with Crippen molar-refractivity contribution in [1.82, 2.24) is 0 Å². The van der Waals surface area contributed by atoms with Crippen molar-refractivity contribution in [2.24, 2.45) is 23.7 Å². The molecule has 0 aliphatic heterocycles. The van der Waals surface area contributed by atoms with Gasteiger partial charge in [0.15, 0.2) is 0 Å². The number of hydrogen-bond acceptors (Lipinski definition) is 3. The monoisotopic (exact) mass is 420 g/mol. The van der Waals surface area contributed by atoms with Gasteiger partial charge >= 0.3 is 5.97 Å². The van der Waals surface area contributed by atoms with E-state index in [-0.39, 0.29) is 29.5 Å². The number of ether oxygens (including phenoxy) is 1. The van der Waals surface area contributed by atoms with Crippen LogP contribution in [0.4, 0.5) is 0 Å². The highest BCUT2D eigenvalue weighted by Crippen LogP contribution is 2.38. The number of hydrogen-bond donors (Lipinski definition) is 0. The molecule has 1 aromatic rings. The summed E-state index contributed by atoms with van der Waals surface area (Å²) in [7, 11) is 0. The Morgan fingerprint density at radius 2 is 2.03 bits per heavy atom. The molecule has 2 rings (SSSR count). The molecule has 1 unspecified atom stereocenters. The Bertz CT molecular complexity index is 810. The molecule has 1 aliphatic carbocycles. The van der Waals surface area contributed by atoms with E-state index in [1.165, 1.54) is 0 Å². The summed E-state index contributed by atoms with van der Waals surface area (Å²) in [6, 6.07) is 9.02. The maximum atomic E-state index is 13.1. The van der Waals surface area contributed by atoms with Gasteiger partial charge in [0, 0.05) is 18.8 Å².